The van der Waals surface area contributed by atoms with Crippen molar-refractivity contribution < 1.29 is 0 Å². The molecule has 4 aromatic carbocycles. The molecule has 4 aromatic rings. The van der Waals surface area contributed by atoms with Crippen molar-refractivity contribution in [1.82, 2.24) is 0 Å². The molecule has 0 unspecified atom stereocenters. The fourth-order valence-corrected chi connectivity index (χ4v) is 10.1. The molecule has 0 spiro atoms. The van der Waals surface area contributed by atoms with E-state index in [2.05, 4.69) is 78.9 Å². The zero-order chi connectivity index (χ0) is 19.5. The van der Waals surface area contributed by atoms with Crippen molar-refractivity contribution in [3.8, 4) is 0 Å². The first-order valence-electron chi connectivity index (χ1n) is 9.35. The molecule has 4 rings (SSSR count). The van der Waals surface area contributed by atoms with E-state index in [1.165, 1.54) is 0 Å². The fourth-order valence-electron chi connectivity index (χ4n) is 3.97. The third-order valence-corrected chi connectivity index (χ3v) is 12.5. The normalized spacial score (nSPS) is 12.8. The second kappa shape index (κ2) is 7.43. The number of hydrogen-bond acceptors (Lipinski definition) is 1. The van der Waals surface area contributed by atoms with Gasteiger partial charge in [-0.2, -0.15) is 0 Å². The Kier molecular flexibility index (Phi) is 4.98. The molecule has 0 saturated heterocycles. The van der Waals surface area contributed by atoms with Crippen molar-refractivity contribution in [3.63, 3.8) is 0 Å². The van der Waals surface area contributed by atoms with Gasteiger partial charge < -0.3 is 0 Å². The average Bonchev–Trinajstić information content (AvgIpc) is 2.76. The van der Waals surface area contributed by atoms with Crippen LogP contribution in [0.15, 0.2) is 115 Å². The van der Waals surface area contributed by atoms with Gasteiger partial charge in [0.25, 0.3) is 0 Å². The van der Waals surface area contributed by atoms with Gasteiger partial charge in [0.15, 0.2) is 0 Å². The summed E-state index contributed by atoms with van der Waals surface area (Å²) in [6, 6.07) is 39.6. The van der Waals surface area contributed by atoms with Gasteiger partial charge in [0.1, 0.15) is 0 Å². The third-order valence-electron chi connectivity index (χ3n) is 5.31. The van der Waals surface area contributed by atoms with Crippen molar-refractivity contribution in [3.05, 3.63) is 121 Å². The quantitative estimate of drug-likeness (QED) is 0.348. The zero-order valence-electron chi connectivity index (χ0n) is 15.6. The Morgan fingerprint density at radius 2 is 1.00 bits per heavy atom. The van der Waals surface area contributed by atoms with E-state index in [-0.39, 0.29) is 0 Å². The third kappa shape index (κ3) is 3.11. The van der Waals surface area contributed by atoms with Crippen LogP contribution in [0.3, 0.4) is 0 Å². The summed E-state index contributed by atoms with van der Waals surface area (Å²) >= 11 is 8.05. The van der Waals surface area contributed by atoms with Crippen molar-refractivity contribution in [1.29, 1.82) is 0 Å². The topological polar surface area (TPSA) is 26.0 Å². The van der Waals surface area contributed by atoms with E-state index in [1.54, 1.807) is 0 Å². The van der Waals surface area contributed by atoms with Crippen LogP contribution >= 0.6 is 17.2 Å². The fraction of sp³-hybridized carbons (Fsp3) is 0.0400. The molecule has 0 heterocycles. The van der Waals surface area contributed by atoms with Crippen LogP contribution in [-0.4, -0.2) is 0 Å². The van der Waals surface area contributed by atoms with Crippen LogP contribution in [0.2, 0.25) is 0 Å². The molecule has 0 fully saturated rings. The second-order valence-corrected chi connectivity index (χ2v) is 13.6. The van der Waals surface area contributed by atoms with Gasteiger partial charge in [-0.1, -0.05) is 0 Å². The molecular formula is C25H23ClNP. The number of rotatable bonds is 5. The molecule has 140 valence electrons. The standard InChI is InChI=1S/C25H23ClNP/c26-28(23-13-4-1-5-14-23,24-15-6-2-7-16-24,25-17-8-3-9-18-25)20-21-11-10-12-22(27)19-21/h1-19H,20,27H2. The molecule has 0 aliphatic heterocycles. The number of nitrogens with two attached hydrogens (primary N) is 1. The van der Waals surface area contributed by atoms with Gasteiger partial charge in [0.05, 0.1) is 0 Å². The summed E-state index contributed by atoms with van der Waals surface area (Å²) in [7, 11) is 0. The van der Waals surface area contributed by atoms with Crippen molar-refractivity contribution >= 4 is 38.8 Å². The SMILES string of the molecule is Nc1cccc(CP(Cl)(c2ccccc2)(c2ccccc2)c2ccccc2)c1. The average molecular weight is 404 g/mol. The second-order valence-electron chi connectivity index (χ2n) is 7.09. The summed E-state index contributed by atoms with van der Waals surface area (Å²) in [5, 5.41) is 3.49. The first-order chi connectivity index (χ1) is 13.6. The molecule has 0 aliphatic rings. The first-order valence-corrected chi connectivity index (χ1v) is 12.7. The molecule has 0 atom stereocenters. The molecule has 0 radical (unpaired) electrons. The molecule has 0 saturated carbocycles. The molecule has 3 heteroatoms. The van der Waals surface area contributed by atoms with Gasteiger partial charge in [0, 0.05) is 0 Å². The Bertz CT molecular complexity index is 966. The summed E-state index contributed by atoms with van der Waals surface area (Å²) in [6.07, 6.45) is 0.705. The summed E-state index contributed by atoms with van der Waals surface area (Å²) in [5.74, 6) is -3.29. The van der Waals surface area contributed by atoms with E-state index in [9.17, 15) is 0 Å². The predicted molar refractivity (Wildman–Crippen MR) is 126 cm³/mol. The minimum atomic E-state index is -3.29. The van der Waals surface area contributed by atoms with E-state index >= 15 is 0 Å². The maximum absolute atomic E-state index is 8.05. The van der Waals surface area contributed by atoms with Gasteiger partial charge in [-0.3, -0.25) is 0 Å². The van der Waals surface area contributed by atoms with Crippen LogP contribution < -0.4 is 21.6 Å². The molecule has 0 bridgehead atoms. The van der Waals surface area contributed by atoms with Crippen LogP contribution in [0, 0.1) is 0 Å². The van der Waals surface area contributed by atoms with E-state index in [0.29, 0.717) is 6.16 Å². The predicted octanol–water partition coefficient (Wildman–Crippen LogP) is 5.45. The first kappa shape index (κ1) is 18.7. The van der Waals surface area contributed by atoms with E-state index in [1.807, 2.05) is 36.4 Å². The van der Waals surface area contributed by atoms with Crippen LogP contribution in [0.5, 0.6) is 0 Å². The maximum atomic E-state index is 8.05. The van der Waals surface area contributed by atoms with Crippen LogP contribution in [0.1, 0.15) is 5.56 Å². The summed E-state index contributed by atoms with van der Waals surface area (Å²) < 4.78 is 0. The molecule has 2 N–H and O–H groups in total. The van der Waals surface area contributed by atoms with Gasteiger partial charge in [-0.05, 0) is 0 Å². The Labute approximate surface area is 171 Å². The molecule has 1 nitrogen and oxygen atoms in total. The van der Waals surface area contributed by atoms with E-state index in [4.69, 9.17) is 17.0 Å². The Morgan fingerprint density at radius 3 is 1.39 bits per heavy atom. The van der Waals surface area contributed by atoms with Gasteiger partial charge in [0.2, 0.25) is 0 Å². The van der Waals surface area contributed by atoms with Crippen molar-refractivity contribution in [2.45, 2.75) is 6.16 Å². The van der Waals surface area contributed by atoms with Crippen molar-refractivity contribution in [2.75, 3.05) is 5.73 Å². The zero-order valence-corrected chi connectivity index (χ0v) is 17.2. The minimum absolute atomic E-state index is 0.705. The molecule has 0 aromatic heterocycles. The van der Waals surface area contributed by atoms with Gasteiger partial charge >= 0.3 is 172 Å². The summed E-state index contributed by atoms with van der Waals surface area (Å²) in [5.41, 5.74) is 8.01. The molecular weight excluding hydrogens is 381 g/mol. The van der Waals surface area contributed by atoms with Crippen LogP contribution in [0.25, 0.3) is 0 Å². The molecule has 0 amide bonds. The van der Waals surface area contributed by atoms with E-state index in [0.717, 1.165) is 27.2 Å². The Hall–Kier alpha value is -2.60. The number of halogens is 1. The number of nitrogen functional groups attached to an aromatic ring is 1. The Morgan fingerprint density at radius 1 is 0.571 bits per heavy atom. The monoisotopic (exact) mass is 403 g/mol. The van der Waals surface area contributed by atoms with Gasteiger partial charge in [-0.25, -0.2) is 0 Å². The molecule has 0 aliphatic carbocycles. The van der Waals surface area contributed by atoms with Crippen LogP contribution in [-0.2, 0) is 6.16 Å². The number of anilines is 1. The summed E-state index contributed by atoms with van der Waals surface area (Å²) in [4.78, 5) is 0. The van der Waals surface area contributed by atoms with E-state index < -0.39 is 5.96 Å². The molecule has 28 heavy (non-hydrogen) atoms. The number of benzene rings is 4. The number of hydrogen-bond donors (Lipinski definition) is 1. The van der Waals surface area contributed by atoms with Gasteiger partial charge in [-0.15, -0.1) is 0 Å². The van der Waals surface area contributed by atoms with Crippen LogP contribution in [0.4, 0.5) is 5.69 Å². The summed E-state index contributed by atoms with van der Waals surface area (Å²) in [6.45, 7) is 0. The Balaban J connectivity index is 2.09. The van der Waals surface area contributed by atoms with Crippen molar-refractivity contribution in [2.24, 2.45) is 0 Å².